The van der Waals surface area contributed by atoms with Crippen molar-refractivity contribution in [1.29, 1.82) is 0 Å². The Bertz CT molecular complexity index is 1330. The van der Waals surface area contributed by atoms with Crippen molar-refractivity contribution in [3.05, 3.63) is 75.4 Å². The first-order valence-corrected chi connectivity index (χ1v) is 9.85. The highest BCUT2D eigenvalue weighted by Crippen LogP contribution is 2.41. The molecular weight excluding hydrogens is 474 g/mol. The number of thiophene rings is 1. The van der Waals surface area contributed by atoms with Gasteiger partial charge in [-0.15, -0.1) is 11.3 Å². The Balaban J connectivity index is 1.85. The predicted molar refractivity (Wildman–Crippen MR) is 109 cm³/mol. The third-order valence-corrected chi connectivity index (χ3v) is 5.47. The molecule has 4 aromatic rings. The Morgan fingerprint density at radius 2 is 1.61 bits per heavy atom. The third kappa shape index (κ3) is 4.58. The molecule has 4 rings (SSSR count). The summed E-state index contributed by atoms with van der Waals surface area (Å²) in [6.07, 6.45) is -8.90. The number of nitrogens with one attached hydrogen (secondary N) is 1. The zero-order valence-electron chi connectivity index (χ0n) is 16.0. The molecule has 0 spiro atoms. The van der Waals surface area contributed by atoms with Gasteiger partial charge in [-0.1, -0.05) is 12.1 Å². The molecule has 33 heavy (non-hydrogen) atoms. The minimum absolute atomic E-state index is 0.0276. The molecule has 0 aliphatic heterocycles. The molecule has 0 unspecified atom stereocenters. The fourth-order valence-corrected chi connectivity index (χ4v) is 4.05. The summed E-state index contributed by atoms with van der Waals surface area (Å²) in [6.45, 7) is 0. The number of non-ortho nitro benzene ring substituents is 1. The molecule has 0 aliphatic carbocycles. The summed E-state index contributed by atoms with van der Waals surface area (Å²) >= 11 is 1.14. The monoisotopic (exact) mass is 484 g/mol. The summed E-state index contributed by atoms with van der Waals surface area (Å²) in [5.74, 6) is -0.0461. The van der Waals surface area contributed by atoms with E-state index in [9.17, 15) is 36.5 Å². The van der Waals surface area contributed by atoms with E-state index in [2.05, 4.69) is 15.3 Å². The Hall–Kier alpha value is -3.74. The lowest BCUT2D eigenvalue weighted by atomic mass is 10.0. The number of rotatable bonds is 4. The molecule has 0 atom stereocenters. The van der Waals surface area contributed by atoms with Crippen LogP contribution in [-0.4, -0.2) is 14.9 Å². The Morgan fingerprint density at radius 1 is 0.939 bits per heavy atom. The molecule has 0 radical (unpaired) electrons. The van der Waals surface area contributed by atoms with E-state index in [1.807, 2.05) is 0 Å². The number of alkyl halides is 6. The van der Waals surface area contributed by atoms with Crippen LogP contribution < -0.4 is 5.32 Å². The summed E-state index contributed by atoms with van der Waals surface area (Å²) in [5.41, 5.74) is -2.78. The van der Waals surface area contributed by atoms with E-state index in [4.69, 9.17) is 0 Å². The third-order valence-electron chi connectivity index (χ3n) is 4.59. The van der Waals surface area contributed by atoms with Crippen molar-refractivity contribution in [2.75, 3.05) is 5.32 Å². The maximum atomic E-state index is 13.2. The van der Waals surface area contributed by atoms with E-state index in [1.54, 1.807) is 11.4 Å². The number of halogens is 6. The average Bonchev–Trinajstić information content (AvgIpc) is 3.18. The van der Waals surface area contributed by atoms with Crippen LogP contribution in [0.25, 0.3) is 21.3 Å². The van der Waals surface area contributed by atoms with Gasteiger partial charge in [0.05, 0.1) is 21.4 Å². The average molecular weight is 484 g/mol. The second-order valence-electron chi connectivity index (χ2n) is 6.78. The first-order chi connectivity index (χ1) is 15.4. The number of nitrogens with zero attached hydrogens (tertiary/aromatic N) is 3. The normalized spacial score (nSPS) is 12.2. The molecule has 0 saturated carbocycles. The van der Waals surface area contributed by atoms with Crippen LogP contribution in [0.2, 0.25) is 0 Å². The van der Waals surface area contributed by atoms with Crippen LogP contribution in [0.4, 0.5) is 43.5 Å². The summed E-state index contributed by atoms with van der Waals surface area (Å²) < 4.78 is 79.2. The fraction of sp³-hybridized carbons (Fsp3) is 0.100. The zero-order chi connectivity index (χ0) is 24.0. The van der Waals surface area contributed by atoms with E-state index in [0.29, 0.717) is 33.5 Å². The van der Waals surface area contributed by atoms with Crippen LogP contribution >= 0.6 is 11.3 Å². The highest BCUT2D eigenvalue weighted by molar-refractivity contribution is 7.17. The number of hydrogen-bond acceptors (Lipinski definition) is 6. The van der Waals surface area contributed by atoms with Gasteiger partial charge < -0.3 is 5.32 Å². The lowest BCUT2D eigenvalue weighted by Gasteiger charge is -2.15. The molecule has 13 heteroatoms. The quantitative estimate of drug-likeness (QED) is 0.191. The van der Waals surface area contributed by atoms with Gasteiger partial charge in [0.15, 0.2) is 0 Å². The van der Waals surface area contributed by atoms with Gasteiger partial charge in [-0.2, -0.15) is 26.3 Å². The summed E-state index contributed by atoms with van der Waals surface area (Å²) in [4.78, 5) is 19.0. The van der Waals surface area contributed by atoms with Gasteiger partial charge in [-0.3, -0.25) is 10.1 Å². The zero-order valence-corrected chi connectivity index (χ0v) is 16.8. The second kappa shape index (κ2) is 7.99. The van der Waals surface area contributed by atoms with Crippen molar-refractivity contribution < 1.29 is 31.3 Å². The summed E-state index contributed by atoms with van der Waals surface area (Å²) in [7, 11) is 0. The molecule has 2 aromatic heterocycles. The smallest absolute Gasteiger partial charge is 0.340 e. The van der Waals surface area contributed by atoms with Gasteiger partial charge in [-0.05, 0) is 23.8 Å². The Kier molecular flexibility index (Phi) is 5.44. The van der Waals surface area contributed by atoms with Gasteiger partial charge in [0.25, 0.3) is 5.69 Å². The van der Waals surface area contributed by atoms with Crippen LogP contribution in [-0.2, 0) is 12.4 Å². The second-order valence-corrected chi connectivity index (χ2v) is 7.64. The number of nitro groups is 1. The van der Waals surface area contributed by atoms with E-state index in [-0.39, 0.29) is 17.6 Å². The number of hydrogen-bond donors (Lipinski definition) is 1. The molecule has 0 saturated heterocycles. The SMILES string of the molecule is O=[N+]([O-])c1cccc(-c2csc3ncnc(Nc4cc(C(F)(F)F)cc(C(F)(F)F)c4)c23)c1. The fourth-order valence-electron chi connectivity index (χ4n) is 3.13. The molecule has 2 heterocycles. The largest absolute Gasteiger partial charge is 0.416 e. The topological polar surface area (TPSA) is 81.0 Å². The number of aromatic nitrogens is 2. The molecular formula is C20H10F6N4O2S. The van der Waals surface area contributed by atoms with Crippen LogP contribution in [0, 0.1) is 10.1 Å². The number of benzene rings is 2. The predicted octanol–water partition coefficient (Wildman–Crippen LogP) is 7.05. The van der Waals surface area contributed by atoms with E-state index >= 15 is 0 Å². The van der Waals surface area contributed by atoms with Crippen molar-refractivity contribution in [2.45, 2.75) is 12.4 Å². The summed E-state index contributed by atoms with van der Waals surface area (Å²) in [6, 6.07) is 6.73. The van der Waals surface area contributed by atoms with E-state index < -0.39 is 34.1 Å². The van der Waals surface area contributed by atoms with Gasteiger partial charge >= 0.3 is 12.4 Å². The van der Waals surface area contributed by atoms with Gasteiger partial charge in [0, 0.05) is 28.8 Å². The van der Waals surface area contributed by atoms with Gasteiger partial charge in [0.1, 0.15) is 17.0 Å². The first-order valence-electron chi connectivity index (χ1n) is 8.97. The van der Waals surface area contributed by atoms with E-state index in [1.165, 1.54) is 18.2 Å². The minimum atomic E-state index is -5.00. The maximum absolute atomic E-state index is 13.2. The van der Waals surface area contributed by atoms with Crippen LogP contribution in [0.5, 0.6) is 0 Å². The summed E-state index contributed by atoms with van der Waals surface area (Å²) in [5, 5.41) is 15.6. The molecule has 0 bridgehead atoms. The number of nitro benzene ring substituents is 1. The van der Waals surface area contributed by atoms with Gasteiger partial charge in [0.2, 0.25) is 0 Å². The van der Waals surface area contributed by atoms with Crippen molar-refractivity contribution in [1.82, 2.24) is 9.97 Å². The molecule has 0 aliphatic rings. The molecule has 1 N–H and O–H groups in total. The van der Waals surface area contributed by atoms with Crippen molar-refractivity contribution in [3.63, 3.8) is 0 Å². The highest BCUT2D eigenvalue weighted by atomic mass is 32.1. The van der Waals surface area contributed by atoms with Gasteiger partial charge in [-0.25, -0.2) is 9.97 Å². The molecule has 6 nitrogen and oxygen atoms in total. The Labute approximate surface area is 184 Å². The molecule has 0 fully saturated rings. The number of fused-ring (bicyclic) bond motifs is 1. The number of anilines is 2. The lowest BCUT2D eigenvalue weighted by molar-refractivity contribution is -0.384. The highest BCUT2D eigenvalue weighted by Gasteiger charge is 2.37. The first kappa shape index (κ1) is 22.5. The minimum Gasteiger partial charge on any atom is -0.340 e. The molecule has 2 aromatic carbocycles. The van der Waals surface area contributed by atoms with Crippen LogP contribution in [0.1, 0.15) is 11.1 Å². The van der Waals surface area contributed by atoms with Crippen molar-refractivity contribution >= 4 is 38.7 Å². The molecule has 0 amide bonds. The molecule has 170 valence electrons. The maximum Gasteiger partial charge on any atom is 0.416 e. The van der Waals surface area contributed by atoms with E-state index in [0.717, 1.165) is 17.7 Å². The lowest BCUT2D eigenvalue weighted by Crippen LogP contribution is -2.11. The van der Waals surface area contributed by atoms with Crippen molar-refractivity contribution in [2.24, 2.45) is 0 Å². The van der Waals surface area contributed by atoms with Crippen LogP contribution in [0.3, 0.4) is 0 Å². The Morgan fingerprint density at radius 3 is 2.21 bits per heavy atom. The van der Waals surface area contributed by atoms with Crippen molar-refractivity contribution in [3.8, 4) is 11.1 Å². The standard InChI is InChI=1S/C20H10F6N4O2S/c21-19(22,23)11-5-12(20(24,25)26)7-13(6-11)29-17-16-15(8-33-18(16)28-9-27-17)10-2-1-3-14(4-10)30(31)32/h1-9H,(H,27,28,29). The van der Waals surface area contributed by atoms with Crippen LogP contribution in [0.15, 0.2) is 54.2 Å².